The van der Waals surface area contributed by atoms with Gasteiger partial charge in [0.15, 0.2) is 0 Å². The van der Waals surface area contributed by atoms with E-state index >= 15 is 0 Å². The van der Waals surface area contributed by atoms with E-state index in [2.05, 4.69) is 88.7 Å². The maximum absolute atomic E-state index is 10.9. The number of allylic oxidation sites excluding steroid dienone is 4. The van der Waals surface area contributed by atoms with Gasteiger partial charge in [-0.25, -0.2) is 0 Å². The molecule has 2 saturated carbocycles. The van der Waals surface area contributed by atoms with E-state index < -0.39 is 0 Å². The predicted molar refractivity (Wildman–Crippen MR) is 246 cm³/mol. The fourth-order valence-corrected chi connectivity index (χ4v) is 10.9. The summed E-state index contributed by atoms with van der Waals surface area (Å²) in [5.74, 6) is 2.28. The second-order valence-corrected chi connectivity index (χ2v) is 19.4. The molecule has 0 spiro atoms. The summed E-state index contributed by atoms with van der Waals surface area (Å²) in [6.07, 6.45) is 10.7. The van der Waals surface area contributed by atoms with Crippen LogP contribution in [-0.4, -0.2) is 20.4 Å². The van der Waals surface area contributed by atoms with Gasteiger partial charge in [-0.2, -0.15) is 0 Å². The number of hydrogen-bond donors (Lipinski definition) is 4. The van der Waals surface area contributed by atoms with Crippen molar-refractivity contribution in [2.75, 3.05) is 0 Å². The summed E-state index contributed by atoms with van der Waals surface area (Å²) in [5, 5.41) is 43.6. The van der Waals surface area contributed by atoms with Gasteiger partial charge in [-0.3, -0.25) is 0 Å². The third-order valence-electron chi connectivity index (χ3n) is 14.3. The van der Waals surface area contributed by atoms with Crippen LogP contribution in [0.2, 0.25) is 0 Å². The van der Waals surface area contributed by atoms with E-state index in [1.807, 2.05) is 52.0 Å². The monoisotopic (exact) mass is 793 g/mol. The van der Waals surface area contributed by atoms with Gasteiger partial charge in [0.05, 0.1) is 0 Å². The molecular formula is C55H68O4. The first-order chi connectivity index (χ1) is 27.8. The van der Waals surface area contributed by atoms with Gasteiger partial charge in [0.25, 0.3) is 0 Å². The Balaban J connectivity index is 1.32. The van der Waals surface area contributed by atoms with Crippen molar-refractivity contribution >= 4 is 0 Å². The molecule has 0 bridgehead atoms. The first kappa shape index (κ1) is 43.6. The molecule has 0 aliphatic heterocycles. The lowest BCUT2D eigenvalue weighted by Crippen LogP contribution is -2.43. The lowest BCUT2D eigenvalue weighted by atomic mass is 9.53. The number of hydrogen-bond acceptors (Lipinski definition) is 4. The van der Waals surface area contributed by atoms with Crippen molar-refractivity contribution in [1.82, 2.24) is 0 Å². The molecule has 0 heterocycles. The minimum absolute atomic E-state index is 0.0958. The van der Waals surface area contributed by atoms with Gasteiger partial charge in [0, 0.05) is 10.8 Å². The Kier molecular flexibility index (Phi) is 12.8. The van der Waals surface area contributed by atoms with Gasteiger partial charge in [-0.15, -0.1) is 0 Å². The summed E-state index contributed by atoms with van der Waals surface area (Å²) in [5.41, 5.74) is 12.1. The first-order valence-electron chi connectivity index (χ1n) is 21.7. The van der Waals surface area contributed by atoms with E-state index in [0.717, 1.165) is 95.9 Å². The maximum Gasteiger partial charge on any atom is 0.119 e. The van der Waals surface area contributed by atoms with E-state index in [0.29, 0.717) is 60.5 Å². The normalized spacial score (nSPS) is 17.1. The summed E-state index contributed by atoms with van der Waals surface area (Å²) in [7, 11) is 0. The van der Waals surface area contributed by atoms with Crippen LogP contribution in [0.1, 0.15) is 137 Å². The van der Waals surface area contributed by atoms with Crippen molar-refractivity contribution in [3.63, 3.8) is 0 Å². The van der Waals surface area contributed by atoms with Crippen LogP contribution in [-0.2, 0) is 36.5 Å². The van der Waals surface area contributed by atoms with Crippen molar-refractivity contribution in [3.05, 3.63) is 166 Å². The molecule has 4 nitrogen and oxygen atoms in total. The Morgan fingerprint density at radius 2 is 0.678 bits per heavy atom. The Bertz CT molecular complexity index is 1940. The molecule has 4 aromatic carbocycles. The van der Waals surface area contributed by atoms with Crippen LogP contribution < -0.4 is 0 Å². The smallest absolute Gasteiger partial charge is 0.119 e. The van der Waals surface area contributed by atoms with Crippen LogP contribution in [0, 0.1) is 17.3 Å². The molecule has 0 unspecified atom stereocenters. The SMILES string of the molecule is C=C(C)Cc1cc(C2(c3ccc(O)c(CC(=C)C)c3)CCC(C(C)(C)C3CCC(c4ccc(O)c(CC(=C)C)c4)(c4ccc(O)c(CC(=C)C)c4)CC3)CC2)ccc1O. The van der Waals surface area contributed by atoms with Crippen LogP contribution in [0.25, 0.3) is 0 Å². The summed E-state index contributed by atoms with van der Waals surface area (Å²) in [6.45, 7) is 29.6. The molecule has 2 fully saturated rings. The number of benzene rings is 4. The molecule has 6 rings (SSSR count). The maximum atomic E-state index is 10.9. The molecular weight excluding hydrogens is 725 g/mol. The van der Waals surface area contributed by atoms with Crippen molar-refractivity contribution in [2.45, 2.75) is 129 Å². The average molecular weight is 793 g/mol. The molecule has 0 aromatic heterocycles. The molecule has 0 atom stereocenters. The molecule has 0 saturated heterocycles. The van der Waals surface area contributed by atoms with Crippen molar-refractivity contribution in [1.29, 1.82) is 0 Å². The van der Waals surface area contributed by atoms with Gasteiger partial charge in [0.1, 0.15) is 23.0 Å². The number of rotatable bonds is 14. The predicted octanol–water partition coefficient (Wildman–Crippen LogP) is 13.7. The highest BCUT2D eigenvalue weighted by molar-refractivity contribution is 5.51. The van der Waals surface area contributed by atoms with E-state index in [1.54, 1.807) is 0 Å². The standard InChI is InChI=1S/C55H68O4/c1-35(2)27-39-31-45(11-15-49(39)56)54(46-12-16-50(57)40(32-46)28-36(3)4)23-19-43(20-24-54)53(9,10)44-21-25-55(26-22-44,47-13-17-51(58)41(33-47)29-37(5)6)48-14-18-52(59)42(34-48)30-38(7)8/h11-18,31-34,43-44,56-59H,1,3,5,7,19-30H2,2,4,6,8-10H3. The van der Waals surface area contributed by atoms with Gasteiger partial charge in [-0.1, -0.05) is 111 Å². The van der Waals surface area contributed by atoms with Gasteiger partial charge in [-0.05, 0) is 191 Å². The topological polar surface area (TPSA) is 80.9 Å². The van der Waals surface area contributed by atoms with Crippen molar-refractivity contribution in [2.24, 2.45) is 17.3 Å². The highest BCUT2D eigenvalue weighted by Crippen LogP contribution is 2.58. The van der Waals surface area contributed by atoms with Crippen molar-refractivity contribution < 1.29 is 20.4 Å². The number of phenols is 4. The molecule has 0 amide bonds. The number of aromatic hydroxyl groups is 4. The van der Waals surface area contributed by atoms with Crippen LogP contribution in [0.3, 0.4) is 0 Å². The first-order valence-corrected chi connectivity index (χ1v) is 21.7. The molecule has 0 radical (unpaired) electrons. The van der Waals surface area contributed by atoms with Crippen LogP contribution in [0.15, 0.2) is 121 Å². The Morgan fingerprint density at radius 1 is 0.458 bits per heavy atom. The van der Waals surface area contributed by atoms with E-state index in [1.165, 1.54) is 22.3 Å². The lowest BCUT2D eigenvalue weighted by molar-refractivity contribution is 0.0364. The highest BCUT2D eigenvalue weighted by Gasteiger charge is 2.48. The quantitative estimate of drug-likeness (QED) is 0.0959. The zero-order valence-corrected chi connectivity index (χ0v) is 36.7. The lowest BCUT2D eigenvalue weighted by Gasteiger charge is -2.52. The summed E-state index contributed by atoms with van der Waals surface area (Å²) >= 11 is 0. The Labute approximate surface area is 354 Å². The molecule has 2 aliphatic carbocycles. The minimum Gasteiger partial charge on any atom is -0.508 e. The zero-order chi connectivity index (χ0) is 42.9. The van der Waals surface area contributed by atoms with Gasteiger partial charge < -0.3 is 20.4 Å². The third kappa shape index (κ3) is 9.13. The Hall–Kier alpha value is -4.96. The molecule has 59 heavy (non-hydrogen) atoms. The van der Waals surface area contributed by atoms with Crippen molar-refractivity contribution in [3.8, 4) is 23.0 Å². The fourth-order valence-electron chi connectivity index (χ4n) is 10.9. The molecule has 4 aromatic rings. The average Bonchev–Trinajstić information content (AvgIpc) is 3.17. The second kappa shape index (κ2) is 17.3. The van der Waals surface area contributed by atoms with Crippen LogP contribution >= 0.6 is 0 Å². The Morgan fingerprint density at radius 3 is 0.881 bits per heavy atom. The molecule has 4 heteroatoms. The zero-order valence-electron chi connectivity index (χ0n) is 36.7. The summed E-state index contributed by atoms with van der Waals surface area (Å²) in [6, 6.07) is 24.7. The van der Waals surface area contributed by atoms with E-state index in [4.69, 9.17) is 0 Å². The number of phenolic OH excluding ortho intramolecular Hbond substituents is 4. The highest BCUT2D eigenvalue weighted by atomic mass is 16.3. The third-order valence-corrected chi connectivity index (χ3v) is 14.3. The van der Waals surface area contributed by atoms with Gasteiger partial charge >= 0.3 is 0 Å². The summed E-state index contributed by atoms with van der Waals surface area (Å²) in [4.78, 5) is 0. The summed E-state index contributed by atoms with van der Waals surface area (Å²) < 4.78 is 0. The van der Waals surface area contributed by atoms with E-state index in [9.17, 15) is 20.4 Å². The molecule has 312 valence electrons. The molecule has 4 N–H and O–H groups in total. The van der Waals surface area contributed by atoms with Gasteiger partial charge in [0.2, 0.25) is 0 Å². The largest absolute Gasteiger partial charge is 0.508 e. The second-order valence-electron chi connectivity index (χ2n) is 19.4. The molecule has 2 aliphatic rings. The minimum atomic E-state index is -0.260. The van der Waals surface area contributed by atoms with E-state index in [-0.39, 0.29) is 16.2 Å². The fraction of sp³-hybridized carbons (Fsp3) is 0.418. The van der Waals surface area contributed by atoms with Crippen LogP contribution in [0.5, 0.6) is 23.0 Å². The van der Waals surface area contributed by atoms with Crippen LogP contribution in [0.4, 0.5) is 0 Å².